The molecule has 0 bridgehead atoms. The molecule has 0 saturated carbocycles. The van der Waals surface area contributed by atoms with Crippen molar-refractivity contribution >= 4 is 5.91 Å². The van der Waals surface area contributed by atoms with E-state index < -0.39 is 0 Å². The topological polar surface area (TPSA) is 90.6 Å². The Morgan fingerprint density at radius 2 is 2.11 bits per heavy atom. The van der Waals surface area contributed by atoms with Gasteiger partial charge in [-0.3, -0.25) is 9.78 Å². The minimum atomic E-state index is -0.202. The van der Waals surface area contributed by atoms with Crippen molar-refractivity contribution in [1.29, 1.82) is 0 Å². The van der Waals surface area contributed by atoms with E-state index in [2.05, 4.69) is 15.1 Å². The Hall–Kier alpha value is -3.42. The summed E-state index contributed by atoms with van der Waals surface area (Å²) < 4.78 is 16.2. The summed E-state index contributed by atoms with van der Waals surface area (Å²) in [5, 5.41) is 4.03. The van der Waals surface area contributed by atoms with Gasteiger partial charge >= 0.3 is 0 Å². The van der Waals surface area contributed by atoms with Gasteiger partial charge in [0.1, 0.15) is 11.7 Å². The van der Waals surface area contributed by atoms with Crippen LogP contribution in [0.4, 0.5) is 0 Å². The van der Waals surface area contributed by atoms with Gasteiger partial charge in [-0.1, -0.05) is 17.3 Å². The van der Waals surface area contributed by atoms with Crippen molar-refractivity contribution in [3.8, 4) is 23.0 Å². The number of aromatic nitrogens is 3. The van der Waals surface area contributed by atoms with Gasteiger partial charge in [-0.15, -0.1) is 0 Å². The molecule has 0 radical (unpaired) electrons. The number of nitrogens with zero attached hydrogens (tertiary/aromatic N) is 4. The molecule has 1 atom stereocenters. The summed E-state index contributed by atoms with van der Waals surface area (Å²) in [5.74, 6) is 2.31. The molecule has 1 amide bonds. The standard InChI is InChI=1S/C20H18N4O4/c25-18(11-13-6-7-16-17(10-13)27-12-26-16)24-9-3-5-15(24)20-22-19(23-28-20)14-4-1-2-8-21-14/h1-2,4,6-8,10,15H,3,5,9,11-12H2/t15-/m1/s1. The number of likely N-dealkylation sites (tertiary alicyclic amines) is 1. The fourth-order valence-electron chi connectivity index (χ4n) is 3.62. The van der Waals surface area contributed by atoms with Gasteiger partial charge in [0.25, 0.3) is 0 Å². The largest absolute Gasteiger partial charge is 0.454 e. The highest BCUT2D eigenvalue weighted by molar-refractivity contribution is 5.79. The predicted octanol–water partition coefficient (Wildman–Crippen LogP) is 2.77. The molecule has 3 aromatic rings. The minimum absolute atomic E-state index is 0.0268. The second-order valence-electron chi connectivity index (χ2n) is 6.78. The lowest BCUT2D eigenvalue weighted by atomic mass is 10.1. The van der Waals surface area contributed by atoms with Gasteiger partial charge in [-0.05, 0) is 42.7 Å². The molecule has 2 aliphatic rings. The van der Waals surface area contributed by atoms with Crippen LogP contribution >= 0.6 is 0 Å². The second-order valence-corrected chi connectivity index (χ2v) is 6.78. The number of benzene rings is 1. The molecular weight excluding hydrogens is 360 g/mol. The van der Waals surface area contributed by atoms with Crippen molar-refractivity contribution in [2.75, 3.05) is 13.3 Å². The molecule has 8 heteroatoms. The molecular formula is C20H18N4O4. The van der Waals surface area contributed by atoms with E-state index in [1.807, 2.05) is 41.3 Å². The molecule has 0 spiro atoms. The zero-order valence-corrected chi connectivity index (χ0v) is 15.1. The summed E-state index contributed by atoms with van der Waals surface area (Å²) >= 11 is 0. The van der Waals surface area contributed by atoms with E-state index in [1.165, 1.54) is 0 Å². The lowest BCUT2D eigenvalue weighted by molar-refractivity contribution is -0.131. The molecule has 5 rings (SSSR count). The predicted molar refractivity (Wildman–Crippen MR) is 97.5 cm³/mol. The molecule has 1 fully saturated rings. The molecule has 4 heterocycles. The molecule has 2 aromatic heterocycles. The van der Waals surface area contributed by atoms with Crippen LogP contribution in [-0.4, -0.2) is 39.3 Å². The van der Waals surface area contributed by atoms with Crippen LogP contribution in [-0.2, 0) is 11.2 Å². The lowest BCUT2D eigenvalue weighted by Gasteiger charge is -2.22. The van der Waals surface area contributed by atoms with Gasteiger partial charge in [0.15, 0.2) is 11.5 Å². The first-order chi connectivity index (χ1) is 13.8. The number of hydrogen-bond donors (Lipinski definition) is 0. The van der Waals surface area contributed by atoms with Gasteiger partial charge in [0.2, 0.25) is 24.4 Å². The van der Waals surface area contributed by atoms with E-state index in [0.717, 1.165) is 18.4 Å². The van der Waals surface area contributed by atoms with Crippen LogP contribution in [0.1, 0.15) is 30.3 Å². The molecule has 1 saturated heterocycles. The normalized spacial score (nSPS) is 17.9. The summed E-state index contributed by atoms with van der Waals surface area (Å²) in [6.45, 7) is 0.895. The van der Waals surface area contributed by atoms with Crippen LogP contribution in [0.5, 0.6) is 11.5 Å². The van der Waals surface area contributed by atoms with E-state index in [0.29, 0.717) is 35.5 Å². The number of hydrogen-bond acceptors (Lipinski definition) is 7. The minimum Gasteiger partial charge on any atom is -0.454 e. The summed E-state index contributed by atoms with van der Waals surface area (Å²) in [7, 11) is 0. The molecule has 28 heavy (non-hydrogen) atoms. The average molecular weight is 378 g/mol. The molecule has 0 N–H and O–H groups in total. The summed E-state index contributed by atoms with van der Waals surface area (Å²) in [6, 6.07) is 10.9. The Kier molecular flexibility index (Phi) is 4.16. The maximum absolute atomic E-state index is 12.9. The molecule has 2 aliphatic heterocycles. The second kappa shape index (κ2) is 6.95. The number of rotatable bonds is 4. The number of ether oxygens (including phenoxy) is 2. The summed E-state index contributed by atoms with van der Waals surface area (Å²) in [4.78, 5) is 23.5. The summed E-state index contributed by atoms with van der Waals surface area (Å²) in [6.07, 6.45) is 3.67. The maximum Gasteiger partial charge on any atom is 0.249 e. The third-order valence-electron chi connectivity index (χ3n) is 4.99. The Bertz CT molecular complexity index is 1000. The number of fused-ring (bicyclic) bond motifs is 1. The Balaban J connectivity index is 1.33. The lowest BCUT2D eigenvalue weighted by Crippen LogP contribution is -2.32. The van der Waals surface area contributed by atoms with Crippen LogP contribution < -0.4 is 9.47 Å². The van der Waals surface area contributed by atoms with Gasteiger partial charge in [0, 0.05) is 12.7 Å². The quantitative estimate of drug-likeness (QED) is 0.689. The van der Waals surface area contributed by atoms with E-state index in [1.54, 1.807) is 6.20 Å². The van der Waals surface area contributed by atoms with Gasteiger partial charge in [0.05, 0.1) is 6.42 Å². The van der Waals surface area contributed by atoms with Crippen LogP contribution in [0, 0.1) is 0 Å². The number of carbonyl (C=O) groups excluding carboxylic acids is 1. The van der Waals surface area contributed by atoms with Gasteiger partial charge in [-0.25, -0.2) is 0 Å². The van der Waals surface area contributed by atoms with Crippen molar-refractivity contribution < 1.29 is 18.8 Å². The maximum atomic E-state index is 12.9. The van der Waals surface area contributed by atoms with E-state index in [-0.39, 0.29) is 25.2 Å². The SMILES string of the molecule is O=C(Cc1ccc2c(c1)OCO2)N1CCC[C@@H]1c1nc(-c2ccccn2)no1. The van der Waals surface area contributed by atoms with E-state index >= 15 is 0 Å². The number of carbonyl (C=O) groups is 1. The van der Waals surface area contributed by atoms with Crippen molar-refractivity contribution in [2.45, 2.75) is 25.3 Å². The number of amides is 1. The Morgan fingerprint density at radius 3 is 3.00 bits per heavy atom. The van der Waals surface area contributed by atoms with Crippen LogP contribution in [0.15, 0.2) is 47.1 Å². The van der Waals surface area contributed by atoms with Crippen molar-refractivity contribution in [3.05, 3.63) is 54.0 Å². The van der Waals surface area contributed by atoms with Crippen molar-refractivity contribution in [3.63, 3.8) is 0 Å². The first-order valence-corrected chi connectivity index (χ1v) is 9.21. The highest BCUT2D eigenvalue weighted by Gasteiger charge is 2.34. The first kappa shape index (κ1) is 16.7. The van der Waals surface area contributed by atoms with E-state index in [4.69, 9.17) is 14.0 Å². The third-order valence-corrected chi connectivity index (χ3v) is 4.99. The van der Waals surface area contributed by atoms with Gasteiger partial charge in [-0.2, -0.15) is 4.98 Å². The molecule has 0 unspecified atom stereocenters. The van der Waals surface area contributed by atoms with Gasteiger partial charge < -0.3 is 18.9 Å². The Morgan fingerprint density at radius 1 is 1.18 bits per heavy atom. The summed E-state index contributed by atoms with van der Waals surface area (Å²) in [5.41, 5.74) is 1.54. The fourth-order valence-corrected chi connectivity index (χ4v) is 3.62. The molecule has 142 valence electrons. The first-order valence-electron chi connectivity index (χ1n) is 9.21. The van der Waals surface area contributed by atoms with Crippen LogP contribution in [0.2, 0.25) is 0 Å². The highest BCUT2D eigenvalue weighted by atomic mass is 16.7. The molecule has 1 aromatic carbocycles. The van der Waals surface area contributed by atoms with Crippen molar-refractivity contribution in [2.24, 2.45) is 0 Å². The monoisotopic (exact) mass is 378 g/mol. The zero-order chi connectivity index (χ0) is 18.9. The van der Waals surface area contributed by atoms with Crippen LogP contribution in [0.3, 0.4) is 0 Å². The van der Waals surface area contributed by atoms with Crippen molar-refractivity contribution in [1.82, 2.24) is 20.0 Å². The fraction of sp³-hybridized carbons (Fsp3) is 0.300. The van der Waals surface area contributed by atoms with Crippen LogP contribution in [0.25, 0.3) is 11.5 Å². The zero-order valence-electron chi connectivity index (χ0n) is 15.1. The van der Waals surface area contributed by atoms with E-state index in [9.17, 15) is 4.79 Å². The smallest absolute Gasteiger partial charge is 0.249 e. The average Bonchev–Trinajstić information content (AvgIpc) is 3.47. The highest BCUT2D eigenvalue weighted by Crippen LogP contribution is 2.35. The number of pyridine rings is 1. The molecule has 0 aliphatic carbocycles. The third kappa shape index (κ3) is 3.06. The molecule has 8 nitrogen and oxygen atoms in total. The Labute approximate surface area is 161 Å².